The Morgan fingerprint density at radius 1 is 1.06 bits per heavy atom. The van der Waals surface area contributed by atoms with E-state index < -0.39 is 24.1 Å². The van der Waals surface area contributed by atoms with Gasteiger partial charge in [0.05, 0.1) is 11.3 Å². The highest BCUT2D eigenvalue weighted by Gasteiger charge is 2.62. The largest absolute Gasteiger partial charge is 0.452 e. The molecule has 3 amide bonds. The summed E-state index contributed by atoms with van der Waals surface area (Å²) >= 11 is 0. The molecule has 0 unspecified atom stereocenters. The van der Waals surface area contributed by atoms with Crippen molar-refractivity contribution in [2.24, 2.45) is 0 Å². The Bertz CT molecular complexity index is 1050. The van der Waals surface area contributed by atoms with Gasteiger partial charge in [-0.05, 0) is 38.1 Å². The fourth-order valence-electron chi connectivity index (χ4n) is 4.34. The molecule has 0 aliphatic carbocycles. The third-order valence-electron chi connectivity index (χ3n) is 5.53. The highest BCUT2D eigenvalue weighted by molar-refractivity contribution is 6.15. The predicted octanol–water partition coefficient (Wildman–Crippen LogP) is 2.56. The first-order valence-corrected chi connectivity index (χ1v) is 10.1. The molecule has 2 heterocycles. The molecule has 31 heavy (non-hydrogen) atoms. The normalized spacial score (nSPS) is 19.8. The molecule has 0 saturated carbocycles. The van der Waals surface area contributed by atoms with Crippen molar-refractivity contribution >= 4 is 35.1 Å². The second-order valence-corrected chi connectivity index (χ2v) is 7.82. The van der Waals surface area contributed by atoms with Crippen molar-refractivity contribution in [3.05, 3.63) is 60.2 Å². The predicted molar refractivity (Wildman–Crippen MR) is 113 cm³/mol. The highest BCUT2D eigenvalue weighted by Crippen LogP contribution is 2.45. The molecular formula is C23H23N3O5. The van der Waals surface area contributed by atoms with Crippen molar-refractivity contribution in [3.8, 4) is 0 Å². The van der Waals surface area contributed by atoms with Crippen molar-refractivity contribution in [2.75, 3.05) is 16.8 Å². The van der Waals surface area contributed by atoms with E-state index in [1.165, 1.54) is 9.80 Å². The Kier molecular flexibility index (Phi) is 5.22. The van der Waals surface area contributed by atoms with Crippen molar-refractivity contribution in [1.29, 1.82) is 0 Å². The number of anilines is 2. The molecule has 2 aliphatic rings. The summed E-state index contributed by atoms with van der Waals surface area (Å²) in [5.41, 5.74) is -0.289. The van der Waals surface area contributed by atoms with E-state index in [0.29, 0.717) is 16.9 Å². The lowest BCUT2D eigenvalue weighted by Crippen LogP contribution is -2.70. The summed E-state index contributed by atoms with van der Waals surface area (Å²) in [4.78, 5) is 54.6. The van der Waals surface area contributed by atoms with Gasteiger partial charge < -0.3 is 15.0 Å². The lowest BCUT2D eigenvalue weighted by Gasteiger charge is -2.50. The number of carbonyl (C=O) groups is 4. The van der Waals surface area contributed by atoms with Gasteiger partial charge in [-0.3, -0.25) is 19.3 Å². The summed E-state index contributed by atoms with van der Waals surface area (Å²) in [6, 6.07) is 15.1. The number of nitrogens with zero attached hydrogens (tertiary/aromatic N) is 2. The molecule has 1 saturated heterocycles. The smallest absolute Gasteiger partial charge is 0.354 e. The second kappa shape index (κ2) is 7.86. The number of ether oxygens (including phenoxy) is 1. The Labute approximate surface area is 179 Å². The number of esters is 1. The number of para-hydroxylation sites is 2. The molecule has 0 radical (unpaired) electrons. The van der Waals surface area contributed by atoms with Gasteiger partial charge >= 0.3 is 5.97 Å². The van der Waals surface area contributed by atoms with E-state index in [-0.39, 0.29) is 30.7 Å². The average Bonchev–Trinajstić information content (AvgIpc) is 3.11. The minimum atomic E-state index is -1.61. The SMILES string of the molecule is CC(C)N1C(=O)c2ccccc2N2C(=O)CC[C@]21C(=O)OCC(=O)Nc1ccccc1. The monoisotopic (exact) mass is 421 g/mol. The Morgan fingerprint density at radius 3 is 2.45 bits per heavy atom. The van der Waals surface area contributed by atoms with E-state index in [1.807, 2.05) is 6.07 Å². The number of amides is 3. The van der Waals surface area contributed by atoms with Gasteiger partial charge in [-0.1, -0.05) is 30.3 Å². The zero-order chi connectivity index (χ0) is 22.2. The lowest BCUT2D eigenvalue weighted by molar-refractivity contribution is -0.160. The molecule has 1 atom stereocenters. The van der Waals surface area contributed by atoms with Crippen LogP contribution in [0, 0.1) is 0 Å². The first-order chi connectivity index (χ1) is 14.9. The van der Waals surface area contributed by atoms with Crippen molar-refractivity contribution in [1.82, 2.24) is 4.90 Å². The Balaban J connectivity index is 1.64. The van der Waals surface area contributed by atoms with Crippen molar-refractivity contribution in [2.45, 2.75) is 38.4 Å². The third-order valence-corrected chi connectivity index (χ3v) is 5.53. The minimum absolute atomic E-state index is 0.0934. The maximum Gasteiger partial charge on any atom is 0.354 e. The zero-order valence-electron chi connectivity index (χ0n) is 17.3. The topological polar surface area (TPSA) is 96.0 Å². The zero-order valence-corrected chi connectivity index (χ0v) is 17.3. The first kappa shape index (κ1) is 20.6. The number of fused-ring (bicyclic) bond motifs is 3. The van der Waals surface area contributed by atoms with E-state index in [9.17, 15) is 19.2 Å². The summed E-state index contributed by atoms with van der Waals surface area (Å²) in [6.07, 6.45) is 0.194. The Hall–Kier alpha value is -3.68. The molecule has 0 aromatic heterocycles. The van der Waals surface area contributed by atoms with Gasteiger partial charge in [0.1, 0.15) is 0 Å². The van der Waals surface area contributed by atoms with E-state index in [0.717, 1.165) is 0 Å². The number of benzene rings is 2. The molecule has 8 nitrogen and oxygen atoms in total. The first-order valence-electron chi connectivity index (χ1n) is 10.1. The number of carbonyl (C=O) groups excluding carboxylic acids is 4. The van der Waals surface area contributed by atoms with Gasteiger partial charge in [0.2, 0.25) is 11.6 Å². The molecule has 160 valence electrons. The van der Waals surface area contributed by atoms with Crippen LogP contribution in [0.1, 0.15) is 37.0 Å². The van der Waals surface area contributed by atoms with Crippen LogP contribution in [0.4, 0.5) is 11.4 Å². The van der Waals surface area contributed by atoms with Gasteiger partial charge in [-0.2, -0.15) is 0 Å². The van der Waals surface area contributed by atoms with E-state index in [1.54, 1.807) is 62.4 Å². The molecule has 2 aromatic rings. The van der Waals surface area contributed by atoms with Crippen LogP contribution in [0.2, 0.25) is 0 Å². The third kappa shape index (κ3) is 3.34. The van der Waals surface area contributed by atoms with Crippen LogP contribution in [-0.2, 0) is 19.1 Å². The van der Waals surface area contributed by atoms with E-state index in [2.05, 4.69) is 5.32 Å². The Morgan fingerprint density at radius 2 is 1.74 bits per heavy atom. The van der Waals surface area contributed by atoms with Gasteiger partial charge in [-0.25, -0.2) is 4.79 Å². The van der Waals surface area contributed by atoms with Crippen LogP contribution in [0.25, 0.3) is 0 Å². The molecule has 1 fully saturated rings. The standard InChI is InChI=1S/C23H23N3O5/c1-15(2)25-21(29)17-10-6-7-11-18(17)26-20(28)12-13-23(25,26)22(30)31-14-19(27)24-16-8-4-3-5-9-16/h3-11,15H,12-14H2,1-2H3,(H,24,27)/t23-/m1/s1. The van der Waals surface area contributed by atoms with E-state index in [4.69, 9.17) is 4.74 Å². The summed E-state index contributed by atoms with van der Waals surface area (Å²) in [5.74, 6) is -1.91. The van der Waals surface area contributed by atoms with Crippen LogP contribution in [0.15, 0.2) is 54.6 Å². The number of hydrogen-bond donors (Lipinski definition) is 1. The number of hydrogen-bond acceptors (Lipinski definition) is 5. The highest BCUT2D eigenvalue weighted by atomic mass is 16.5. The van der Waals surface area contributed by atoms with Gasteiger partial charge in [0, 0.05) is 24.6 Å². The maximum absolute atomic E-state index is 13.4. The summed E-state index contributed by atoms with van der Waals surface area (Å²) in [7, 11) is 0. The van der Waals surface area contributed by atoms with Crippen molar-refractivity contribution in [3.63, 3.8) is 0 Å². The molecule has 4 rings (SSSR count). The minimum Gasteiger partial charge on any atom is -0.452 e. The summed E-state index contributed by atoms with van der Waals surface area (Å²) < 4.78 is 5.37. The van der Waals surface area contributed by atoms with Crippen LogP contribution in [-0.4, -0.2) is 46.9 Å². The fraction of sp³-hybridized carbons (Fsp3) is 0.304. The molecule has 8 heteroatoms. The average molecular weight is 421 g/mol. The van der Waals surface area contributed by atoms with Gasteiger partial charge in [0.15, 0.2) is 6.61 Å². The van der Waals surface area contributed by atoms with Crippen LogP contribution >= 0.6 is 0 Å². The molecule has 1 N–H and O–H groups in total. The fourth-order valence-corrected chi connectivity index (χ4v) is 4.34. The number of rotatable bonds is 5. The molecule has 0 spiro atoms. The maximum atomic E-state index is 13.4. The summed E-state index contributed by atoms with van der Waals surface area (Å²) in [5, 5.41) is 2.65. The van der Waals surface area contributed by atoms with Gasteiger partial charge in [0.25, 0.3) is 11.8 Å². The second-order valence-electron chi connectivity index (χ2n) is 7.82. The quantitative estimate of drug-likeness (QED) is 0.749. The molecular weight excluding hydrogens is 398 g/mol. The summed E-state index contributed by atoms with van der Waals surface area (Å²) in [6.45, 7) is 3.03. The molecule has 2 aliphatic heterocycles. The van der Waals surface area contributed by atoms with Crippen LogP contribution in [0.5, 0.6) is 0 Å². The van der Waals surface area contributed by atoms with Crippen molar-refractivity contribution < 1.29 is 23.9 Å². The lowest BCUT2D eigenvalue weighted by atomic mass is 9.95. The van der Waals surface area contributed by atoms with Crippen LogP contribution < -0.4 is 10.2 Å². The van der Waals surface area contributed by atoms with Gasteiger partial charge in [-0.15, -0.1) is 0 Å². The number of nitrogens with one attached hydrogen (secondary N) is 1. The molecule has 2 aromatic carbocycles. The molecule has 0 bridgehead atoms. The van der Waals surface area contributed by atoms with E-state index >= 15 is 0 Å². The van der Waals surface area contributed by atoms with Crippen LogP contribution in [0.3, 0.4) is 0 Å².